The van der Waals surface area contributed by atoms with Crippen LogP contribution < -0.4 is 0 Å². The van der Waals surface area contributed by atoms with Gasteiger partial charge in [0.25, 0.3) is 0 Å². The largest absolute Gasteiger partial charge is 0.342 e. The summed E-state index contributed by atoms with van der Waals surface area (Å²) in [6.45, 7) is 4.23. The first kappa shape index (κ1) is 17.5. The van der Waals surface area contributed by atoms with Crippen molar-refractivity contribution in [3.63, 3.8) is 0 Å². The Morgan fingerprint density at radius 2 is 1.54 bits per heavy atom. The van der Waals surface area contributed by atoms with Crippen LogP contribution in [0.15, 0.2) is 18.2 Å². The normalized spacial score (nSPS) is 29.1. The fourth-order valence-corrected chi connectivity index (χ4v) is 4.71. The molecule has 0 aromatic heterocycles. The Hall–Kier alpha value is -1.35. The first-order valence-corrected chi connectivity index (χ1v) is 9.33. The van der Waals surface area contributed by atoms with Crippen LogP contribution in [0, 0.1) is 25.7 Å². The third kappa shape index (κ3) is 3.51. The summed E-state index contributed by atoms with van der Waals surface area (Å²) in [6.07, 6.45) is 5.55. The van der Waals surface area contributed by atoms with Gasteiger partial charge in [-0.25, -0.2) is 0 Å². The maximum absolute atomic E-state index is 12.7. The lowest BCUT2D eigenvalue weighted by Gasteiger charge is -2.27. The van der Waals surface area contributed by atoms with E-state index in [1.807, 2.05) is 11.9 Å². The number of amides is 1. The van der Waals surface area contributed by atoms with Gasteiger partial charge in [-0.2, -0.15) is 0 Å². The lowest BCUT2D eigenvalue weighted by Crippen LogP contribution is -2.37. The second kappa shape index (κ2) is 6.87. The minimum absolute atomic E-state index is 0.271. The molecule has 1 aromatic carbocycles. The fourth-order valence-electron chi connectivity index (χ4n) is 4.71. The van der Waals surface area contributed by atoms with Crippen LogP contribution in [0.2, 0.25) is 0 Å². The van der Waals surface area contributed by atoms with Crippen LogP contribution in [0.5, 0.6) is 0 Å². The van der Waals surface area contributed by atoms with E-state index >= 15 is 0 Å². The lowest BCUT2D eigenvalue weighted by atomic mass is 10.0. The molecule has 3 nitrogen and oxygen atoms in total. The summed E-state index contributed by atoms with van der Waals surface area (Å²) in [5.74, 6) is 1.91. The number of benzene rings is 1. The van der Waals surface area contributed by atoms with Crippen molar-refractivity contribution in [3.8, 4) is 0 Å². The summed E-state index contributed by atoms with van der Waals surface area (Å²) < 4.78 is 0. The molecular weight excluding hydrogens is 296 g/mol. The van der Waals surface area contributed by atoms with Crippen molar-refractivity contribution in [2.45, 2.75) is 58.0 Å². The Kier molecular flexibility index (Phi) is 5.00. The van der Waals surface area contributed by atoms with Gasteiger partial charge in [0, 0.05) is 19.1 Å². The molecule has 2 fully saturated rings. The number of hydrogen-bond acceptors (Lipinski definition) is 2. The Balaban J connectivity index is 1.56. The summed E-state index contributed by atoms with van der Waals surface area (Å²) in [5, 5.41) is 0. The monoisotopic (exact) mass is 328 g/mol. The minimum Gasteiger partial charge on any atom is -0.342 e. The smallest absolute Gasteiger partial charge is 0.226 e. The first-order valence-electron chi connectivity index (χ1n) is 9.33. The standard InChI is InChI=1S/C21H32N2O/c1-14-6-7-16(8-15(14)2)9-21(24)23(5)20-12-17-10-19(22(3)4)11-18(17)13-20/h6-8,17-20H,9-13H2,1-5H3/t17-,18+,19?,20?. The van der Waals surface area contributed by atoms with E-state index in [0.29, 0.717) is 12.5 Å². The van der Waals surface area contributed by atoms with Gasteiger partial charge in [-0.05, 0) is 82.2 Å². The van der Waals surface area contributed by atoms with Crippen molar-refractivity contribution in [1.82, 2.24) is 9.80 Å². The van der Waals surface area contributed by atoms with E-state index in [1.165, 1.54) is 36.8 Å². The zero-order valence-electron chi connectivity index (χ0n) is 15.9. The van der Waals surface area contributed by atoms with Gasteiger partial charge in [0.2, 0.25) is 5.91 Å². The predicted octanol–water partition coefficient (Wildman–Crippen LogP) is 3.42. The lowest BCUT2D eigenvalue weighted by molar-refractivity contribution is -0.131. The summed E-state index contributed by atoms with van der Waals surface area (Å²) in [7, 11) is 6.41. The number of rotatable bonds is 4. The zero-order chi connectivity index (χ0) is 17.4. The molecule has 0 spiro atoms. The quantitative estimate of drug-likeness (QED) is 0.845. The summed E-state index contributed by atoms with van der Waals surface area (Å²) in [6, 6.07) is 7.57. The molecule has 1 aromatic rings. The summed E-state index contributed by atoms with van der Waals surface area (Å²) in [5.41, 5.74) is 3.70. The molecule has 4 atom stereocenters. The van der Waals surface area contributed by atoms with Crippen LogP contribution in [-0.4, -0.2) is 48.9 Å². The number of fused-ring (bicyclic) bond motifs is 1. The molecule has 0 heterocycles. The van der Waals surface area contributed by atoms with Crippen LogP contribution in [0.3, 0.4) is 0 Å². The molecule has 1 amide bonds. The number of carbonyl (C=O) groups is 1. The molecule has 24 heavy (non-hydrogen) atoms. The molecular formula is C21H32N2O. The van der Waals surface area contributed by atoms with E-state index in [2.05, 4.69) is 51.0 Å². The zero-order valence-corrected chi connectivity index (χ0v) is 15.9. The number of aryl methyl sites for hydroxylation is 2. The van der Waals surface area contributed by atoms with Crippen LogP contribution in [0.25, 0.3) is 0 Å². The van der Waals surface area contributed by atoms with Crippen LogP contribution in [-0.2, 0) is 11.2 Å². The molecule has 0 N–H and O–H groups in total. The highest BCUT2D eigenvalue weighted by Crippen LogP contribution is 2.46. The van der Waals surface area contributed by atoms with Crippen molar-refractivity contribution >= 4 is 5.91 Å². The Morgan fingerprint density at radius 1 is 0.958 bits per heavy atom. The number of carbonyl (C=O) groups excluding carboxylic acids is 1. The van der Waals surface area contributed by atoms with Crippen molar-refractivity contribution < 1.29 is 4.79 Å². The molecule has 2 aliphatic carbocycles. The van der Waals surface area contributed by atoms with Crippen LogP contribution in [0.1, 0.15) is 42.4 Å². The fraction of sp³-hybridized carbons (Fsp3) is 0.667. The Labute approximate surface area is 147 Å². The highest BCUT2D eigenvalue weighted by Gasteiger charge is 2.43. The molecule has 0 saturated heterocycles. The van der Waals surface area contributed by atoms with Gasteiger partial charge in [0.15, 0.2) is 0 Å². The average molecular weight is 329 g/mol. The third-order valence-corrected chi connectivity index (χ3v) is 6.56. The molecule has 2 aliphatic rings. The second-order valence-electron chi connectivity index (χ2n) is 8.33. The van der Waals surface area contributed by atoms with E-state index in [4.69, 9.17) is 0 Å². The number of hydrogen-bond donors (Lipinski definition) is 0. The van der Waals surface area contributed by atoms with E-state index < -0.39 is 0 Å². The predicted molar refractivity (Wildman–Crippen MR) is 99.1 cm³/mol. The Bertz CT molecular complexity index is 596. The number of nitrogens with zero attached hydrogens (tertiary/aromatic N) is 2. The van der Waals surface area contributed by atoms with Gasteiger partial charge < -0.3 is 9.80 Å². The highest BCUT2D eigenvalue weighted by molar-refractivity contribution is 5.79. The van der Waals surface area contributed by atoms with Gasteiger partial charge in [0.05, 0.1) is 6.42 Å². The molecule has 0 radical (unpaired) electrons. The number of likely N-dealkylation sites (N-methyl/N-ethyl adjacent to an activating group) is 1. The molecule has 132 valence electrons. The molecule has 3 heteroatoms. The van der Waals surface area contributed by atoms with Crippen LogP contribution >= 0.6 is 0 Å². The molecule has 0 aliphatic heterocycles. The van der Waals surface area contributed by atoms with Gasteiger partial charge in [0.1, 0.15) is 0 Å². The molecule has 0 bridgehead atoms. The van der Waals surface area contributed by atoms with Crippen molar-refractivity contribution in [1.29, 1.82) is 0 Å². The van der Waals surface area contributed by atoms with Crippen molar-refractivity contribution in [3.05, 3.63) is 34.9 Å². The van der Waals surface area contributed by atoms with Gasteiger partial charge in [-0.1, -0.05) is 18.2 Å². The molecule has 2 saturated carbocycles. The SMILES string of the molecule is Cc1ccc(CC(=O)N(C)C2C[C@H]3CC(N(C)C)C[C@H]3C2)cc1C. The topological polar surface area (TPSA) is 23.6 Å². The maximum atomic E-state index is 12.7. The highest BCUT2D eigenvalue weighted by atomic mass is 16.2. The third-order valence-electron chi connectivity index (χ3n) is 6.56. The Morgan fingerprint density at radius 3 is 2.08 bits per heavy atom. The second-order valence-corrected chi connectivity index (χ2v) is 8.33. The average Bonchev–Trinajstić information content (AvgIpc) is 3.08. The van der Waals surface area contributed by atoms with E-state index in [1.54, 1.807) is 0 Å². The maximum Gasteiger partial charge on any atom is 0.226 e. The van der Waals surface area contributed by atoms with Gasteiger partial charge in [-0.3, -0.25) is 4.79 Å². The molecule has 3 rings (SSSR count). The summed E-state index contributed by atoms with van der Waals surface area (Å²) >= 11 is 0. The minimum atomic E-state index is 0.271. The van der Waals surface area contributed by atoms with Crippen LogP contribution in [0.4, 0.5) is 0 Å². The van der Waals surface area contributed by atoms with Gasteiger partial charge in [-0.15, -0.1) is 0 Å². The first-order chi connectivity index (χ1) is 11.3. The van der Waals surface area contributed by atoms with E-state index in [0.717, 1.165) is 23.4 Å². The van der Waals surface area contributed by atoms with Crippen molar-refractivity contribution in [2.75, 3.05) is 21.1 Å². The molecule has 2 unspecified atom stereocenters. The van der Waals surface area contributed by atoms with Crippen molar-refractivity contribution in [2.24, 2.45) is 11.8 Å². The summed E-state index contributed by atoms with van der Waals surface area (Å²) in [4.78, 5) is 17.1. The van der Waals surface area contributed by atoms with Gasteiger partial charge >= 0.3 is 0 Å². The van der Waals surface area contributed by atoms with E-state index in [9.17, 15) is 4.79 Å². The van der Waals surface area contributed by atoms with E-state index in [-0.39, 0.29) is 5.91 Å².